The average Bonchev–Trinajstić information content (AvgIpc) is 3.09. The molecule has 8 nitrogen and oxygen atoms in total. The minimum atomic E-state index is -0.725. The van der Waals surface area contributed by atoms with E-state index in [1.54, 1.807) is 26.3 Å². The van der Waals surface area contributed by atoms with E-state index in [1.165, 1.54) is 22.9 Å². The number of halogens is 1. The van der Waals surface area contributed by atoms with Crippen molar-refractivity contribution in [1.82, 2.24) is 19.4 Å². The van der Waals surface area contributed by atoms with Crippen LogP contribution in [0.1, 0.15) is 15.9 Å². The summed E-state index contributed by atoms with van der Waals surface area (Å²) in [6.07, 6.45) is 1.48. The third-order valence-electron chi connectivity index (χ3n) is 4.94. The van der Waals surface area contributed by atoms with Crippen LogP contribution in [0, 0.1) is 5.82 Å². The van der Waals surface area contributed by atoms with Crippen LogP contribution in [0.15, 0.2) is 64.3 Å². The van der Waals surface area contributed by atoms with Crippen LogP contribution in [-0.4, -0.2) is 27.1 Å². The van der Waals surface area contributed by atoms with Gasteiger partial charge in [-0.15, -0.1) is 0 Å². The van der Waals surface area contributed by atoms with E-state index in [1.807, 2.05) is 12.1 Å². The number of hydrogen-bond acceptors (Lipinski definition) is 4. The number of benzene rings is 2. The number of rotatable bonds is 5. The van der Waals surface area contributed by atoms with Crippen molar-refractivity contribution in [1.29, 1.82) is 0 Å². The predicted octanol–water partition coefficient (Wildman–Crippen LogP) is 2.10. The zero-order chi connectivity index (χ0) is 22.1. The van der Waals surface area contributed by atoms with Crippen LogP contribution in [0.4, 0.5) is 4.39 Å². The van der Waals surface area contributed by atoms with Crippen LogP contribution in [0.3, 0.4) is 0 Å². The fourth-order valence-corrected chi connectivity index (χ4v) is 3.43. The fraction of sp³-hybridized carbons (Fsp3) is 0.136. The van der Waals surface area contributed by atoms with Crippen molar-refractivity contribution in [3.63, 3.8) is 0 Å². The first-order chi connectivity index (χ1) is 14.9. The quantitative estimate of drug-likeness (QED) is 0.515. The molecule has 0 unspecified atom stereocenters. The Balaban J connectivity index is 1.71. The molecule has 0 saturated carbocycles. The maximum Gasteiger partial charge on any atom is 0.333 e. The number of aryl methyl sites for hydroxylation is 1. The summed E-state index contributed by atoms with van der Waals surface area (Å²) < 4.78 is 20.8. The van der Waals surface area contributed by atoms with E-state index >= 15 is 0 Å². The van der Waals surface area contributed by atoms with Gasteiger partial charge in [0.2, 0.25) is 0 Å². The highest BCUT2D eigenvalue weighted by molar-refractivity contribution is 6.05. The molecular formula is C22H19FN4O4. The van der Waals surface area contributed by atoms with E-state index in [0.29, 0.717) is 5.75 Å². The SMILES string of the molecule is COc1cccc(CNC(=O)c2cn(C)c3c(=O)n(-c4ccc(F)cc4)c(=O)[nH]c23)c1. The molecule has 2 aromatic heterocycles. The standard InChI is InChI=1S/C22H19FN4O4/c1-26-12-17(20(28)24-11-13-4-3-5-16(10-13)31-2)18-19(26)21(29)27(22(30)25-18)15-8-6-14(23)7-9-15/h3-10,12H,11H2,1-2H3,(H,24,28)(H,25,30). The summed E-state index contributed by atoms with van der Waals surface area (Å²) in [5.41, 5.74) is 0.173. The van der Waals surface area contributed by atoms with Gasteiger partial charge in [-0.1, -0.05) is 12.1 Å². The van der Waals surface area contributed by atoms with Crippen LogP contribution in [-0.2, 0) is 13.6 Å². The molecule has 0 spiro atoms. The van der Waals surface area contributed by atoms with Crippen LogP contribution in [0.25, 0.3) is 16.7 Å². The number of nitrogens with zero attached hydrogens (tertiary/aromatic N) is 2. The molecule has 1 amide bonds. The minimum absolute atomic E-state index is 0.138. The lowest BCUT2D eigenvalue weighted by molar-refractivity contribution is 0.0952. The molecular weight excluding hydrogens is 403 g/mol. The van der Waals surface area contributed by atoms with Gasteiger partial charge in [-0.25, -0.2) is 13.8 Å². The highest BCUT2D eigenvalue weighted by atomic mass is 19.1. The van der Waals surface area contributed by atoms with Crippen LogP contribution < -0.4 is 21.3 Å². The van der Waals surface area contributed by atoms with Crippen LogP contribution in [0.2, 0.25) is 0 Å². The number of aromatic amines is 1. The number of ether oxygens (including phenoxy) is 1. The topological polar surface area (TPSA) is 98.1 Å². The lowest BCUT2D eigenvalue weighted by atomic mass is 10.2. The van der Waals surface area contributed by atoms with Crippen molar-refractivity contribution < 1.29 is 13.9 Å². The van der Waals surface area contributed by atoms with E-state index in [9.17, 15) is 18.8 Å². The summed E-state index contributed by atoms with van der Waals surface area (Å²) in [5.74, 6) is -0.256. The molecule has 4 rings (SSSR count). The molecule has 0 aliphatic carbocycles. The lowest BCUT2D eigenvalue weighted by Gasteiger charge is -2.07. The lowest BCUT2D eigenvalue weighted by Crippen LogP contribution is -2.34. The first kappa shape index (κ1) is 20.1. The van der Waals surface area contributed by atoms with E-state index < -0.39 is 23.0 Å². The fourth-order valence-electron chi connectivity index (χ4n) is 3.43. The molecule has 2 heterocycles. The Morgan fingerprint density at radius 2 is 1.90 bits per heavy atom. The third kappa shape index (κ3) is 3.73. The van der Waals surface area contributed by atoms with Gasteiger partial charge >= 0.3 is 5.69 Å². The normalized spacial score (nSPS) is 10.9. The Kier molecular flexibility index (Phi) is 5.16. The second-order valence-electron chi connectivity index (χ2n) is 6.96. The number of hydrogen-bond donors (Lipinski definition) is 2. The highest BCUT2D eigenvalue weighted by Gasteiger charge is 2.20. The van der Waals surface area contributed by atoms with Crippen molar-refractivity contribution in [2.24, 2.45) is 7.05 Å². The smallest absolute Gasteiger partial charge is 0.333 e. The summed E-state index contributed by atoms with van der Waals surface area (Å²) in [5, 5.41) is 2.78. The van der Waals surface area contributed by atoms with E-state index in [4.69, 9.17) is 4.74 Å². The number of carbonyl (C=O) groups excluding carboxylic acids is 1. The van der Waals surface area contributed by atoms with Crippen molar-refractivity contribution >= 4 is 16.9 Å². The average molecular weight is 422 g/mol. The number of aromatic nitrogens is 3. The number of methoxy groups -OCH3 is 1. The molecule has 2 aromatic carbocycles. The Hall–Kier alpha value is -4.14. The van der Waals surface area contributed by atoms with Crippen LogP contribution >= 0.6 is 0 Å². The first-order valence-electron chi connectivity index (χ1n) is 9.40. The second-order valence-corrected chi connectivity index (χ2v) is 6.96. The Labute approximate surface area is 175 Å². The molecule has 2 N–H and O–H groups in total. The molecule has 0 atom stereocenters. The predicted molar refractivity (Wildman–Crippen MR) is 113 cm³/mol. The van der Waals surface area contributed by atoms with E-state index in [2.05, 4.69) is 10.3 Å². The summed E-state index contributed by atoms with van der Waals surface area (Å²) >= 11 is 0. The summed E-state index contributed by atoms with van der Waals surface area (Å²) in [4.78, 5) is 41.1. The molecule has 0 saturated heterocycles. The van der Waals surface area contributed by atoms with Gasteiger partial charge in [0.05, 0.1) is 23.9 Å². The van der Waals surface area contributed by atoms with Crippen LogP contribution in [0.5, 0.6) is 5.75 Å². The Morgan fingerprint density at radius 1 is 1.16 bits per heavy atom. The number of nitrogens with one attached hydrogen (secondary N) is 2. The highest BCUT2D eigenvalue weighted by Crippen LogP contribution is 2.16. The van der Waals surface area contributed by atoms with E-state index in [-0.39, 0.29) is 28.8 Å². The maximum absolute atomic E-state index is 13.2. The molecule has 0 aliphatic heterocycles. The molecule has 0 bridgehead atoms. The number of fused-ring (bicyclic) bond motifs is 1. The van der Waals surface area contributed by atoms with Gasteiger partial charge < -0.3 is 19.6 Å². The summed E-state index contributed by atoms with van der Waals surface area (Å²) in [6.45, 7) is 0.239. The monoisotopic (exact) mass is 422 g/mol. The Morgan fingerprint density at radius 3 is 2.61 bits per heavy atom. The van der Waals surface area contributed by atoms with E-state index in [0.717, 1.165) is 22.3 Å². The molecule has 158 valence electrons. The molecule has 0 radical (unpaired) electrons. The summed E-state index contributed by atoms with van der Waals surface area (Å²) in [6, 6.07) is 12.2. The Bertz CT molecular complexity index is 1400. The number of H-pyrrole nitrogens is 1. The van der Waals surface area contributed by atoms with Gasteiger partial charge in [-0.05, 0) is 42.0 Å². The largest absolute Gasteiger partial charge is 0.497 e. The third-order valence-corrected chi connectivity index (χ3v) is 4.94. The van der Waals surface area contributed by atoms with Gasteiger partial charge in [0.15, 0.2) is 0 Å². The molecule has 4 aromatic rings. The molecule has 0 aliphatic rings. The number of carbonyl (C=O) groups is 1. The second kappa shape index (κ2) is 7.94. The number of amides is 1. The van der Waals surface area contributed by atoms with Gasteiger partial charge in [0, 0.05) is 19.8 Å². The summed E-state index contributed by atoms with van der Waals surface area (Å²) in [7, 11) is 3.17. The van der Waals surface area contributed by atoms with Crippen molar-refractivity contribution in [2.45, 2.75) is 6.54 Å². The van der Waals surface area contributed by atoms with Crippen molar-refractivity contribution in [3.8, 4) is 11.4 Å². The zero-order valence-corrected chi connectivity index (χ0v) is 16.8. The zero-order valence-electron chi connectivity index (χ0n) is 16.8. The minimum Gasteiger partial charge on any atom is -0.497 e. The molecule has 0 fully saturated rings. The van der Waals surface area contributed by atoms with Gasteiger partial charge in [-0.3, -0.25) is 9.59 Å². The molecule has 31 heavy (non-hydrogen) atoms. The molecule has 9 heteroatoms. The van der Waals surface area contributed by atoms with Gasteiger partial charge in [-0.2, -0.15) is 0 Å². The first-order valence-corrected chi connectivity index (χ1v) is 9.40. The van der Waals surface area contributed by atoms with Gasteiger partial charge in [0.1, 0.15) is 17.1 Å². The maximum atomic E-state index is 13.2. The van der Waals surface area contributed by atoms with Gasteiger partial charge in [0.25, 0.3) is 11.5 Å². The van der Waals surface area contributed by atoms with Crippen molar-refractivity contribution in [3.05, 3.63) is 92.5 Å². The van der Waals surface area contributed by atoms with Crippen molar-refractivity contribution in [2.75, 3.05) is 7.11 Å².